The molecule has 0 aliphatic heterocycles. The van der Waals surface area contributed by atoms with E-state index in [2.05, 4.69) is 40.8 Å². The number of para-hydroxylation sites is 1. The number of ether oxygens (including phenoxy) is 1. The van der Waals surface area contributed by atoms with Crippen LogP contribution in [0.1, 0.15) is 5.56 Å². The van der Waals surface area contributed by atoms with Crippen LogP contribution in [0.25, 0.3) is 10.9 Å². The number of aromatic nitrogens is 1. The first-order valence-corrected chi connectivity index (χ1v) is 6.64. The maximum Gasteiger partial charge on any atom is 1.00 e. The maximum atomic E-state index is 11.2. The number of methoxy groups -OCH3 is 1. The van der Waals surface area contributed by atoms with Gasteiger partial charge in [0.2, 0.25) is 0 Å². The van der Waals surface area contributed by atoms with E-state index in [1.165, 1.54) is 6.08 Å². The molecule has 1 aromatic heterocycles. The molecule has 0 radical (unpaired) electrons. The van der Waals surface area contributed by atoms with Crippen molar-refractivity contribution in [3.8, 4) is 0 Å². The second-order valence-electron chi connectivity index (χ2n) is 4.04. The van der Waals surface area contributed by atoms with Crippen LogP contribution in [-0.4, -0.2) is 29.7 Å². The Morgan fingerprint density at radius 3 is 2.73 bits per heavy atom. The number of amides is 1. The molecular formula is C16H17KN2O2S-2. The molecule has 0 aliphatic carbocycles. The molecule has 0 aliphatic rings. The van der Waals surface area contributed by atoms with Gasteiger partial charge in [-0.2, -0.15) is 0 Å². The number of thiocarbonyl (C=S) groups is 1. The van der Waals surface area contributed by atoms with Crippen LogP contribution < -0.4 is 56.7 Å². The molecule has 1 heterocycles. The molecule has 22 heavy (non-hydrogen) atoms. The summed E-state index contributed by atoms with van der Waals surface area (Å²) in [6.45, 7) is 3.95. The van der Waals surface area contributed by atoms with Gasteiger partial charge in [0.1, 0.15) is 0 Å². The van der Waals surface area contributed by atoms with E-state index in [1.54, 1.807) is 7.11 Å². The molecule has 1 aromatic carbocycles. The van der Waals surface area contributed by atoms with Crippen LogP contribution in [0.3, 0.4) is 0 Å². The van der Waals surface area contributed by atoms with E-state index in [1.807, 2.05) is 42.1 Å². The fourth-order valence-electron chi connectivity index (χ4n) is 1.69. The summed E-state index contributed by atoms with van der Waals surface area (Å²) in [5, 5.41) is 3.33. The molecule has 2 aromatic rings. The summed E-state index contributed by atoms with van der Waals surface area (Å²) in [7, 11) is 3.57. The molecule has 1 N–H and O–H groups in total. The van der Waals surface area contributed by atoms with Crippen LogP contribution >= 0.6 is 12.2 Å². The summed E-state index contributed by atoms with van der Waals surface area (Å²) in [4.78, 5) is 11.2. The third kappa shape index (κ3) is 6.83. The SMILES string of the molecule is Cn1cc([C-]=CC(=O)N[C-]=S)c2ccccc21.[CH2-]COC.[K+]. The standard InChI is InChI=1S/C13H10N2OS.C3H7O.K/c1-15-8-10(6-7-13(16)14-9-17)11-4-2-3-5-12(11)15;1-3-4-2;/h2-5,7-8H,1H3,(H,14,16,17);1,3H2,2H3;/q-2;-1;+1. The zero-order chi connectivity index (χ0) is 15.7. The minimum absolute atomic E-state index is 0. The van der Waals surface area contributed by atoms with Gasteiger partial charge in [-0.1, -0.05) is 41.9 Å². The maximum absolute atomic E-state index is 11.2. The van der Waals surface area contributed by atoms with Gasteiger partial charge in [-0.05, 0) is 11.6 Å². The van der Waals surface area contributed by atoms with Crippen LogP contribution in [0.4, 0.5) is 0 Å². The van der Waals surface area contributed by atoms with Gasteiger partial charge in [0.25, 0.3) is 0 Å². The summed E-state index contributed by atoms with van der Waals surface area (Å²) in [6, 6.07) is 7.95. The summed E-state index contributed by atoms with van der Waals surface area (Å²) in [6.07, 6.45) is 6.20. The van der Waals surface area contributed by atoms with Crippen LogP contribution in [0.5, 0.6) is 0 Å². The van der Waals surface area contributed by atoms with Gasteiger partial charge in [-0.3, -0.25) is 0 Å². The minimum atomic E-state index is -0.326. The third-order valence-electron chi connectivity index (χ3n) is 2.63. The number of hydrogen-bond donors (Lipinski definition) is 1. The first-order chi connectivity index (χ1) is 10.1. The first kappa shape index (κ1) is 21.7. The number of rotatable bonds is 4. The Balaban J connectivity index is 0.000000791. The molecule has 0 unspecified atom stereocenters. The molecule has 112 valence electrons. The van der Waals surface area contributed by atoms with E-state index >= 15 is 0 Å². The van der Waals surface area contributed by atoms with Crippen molar-refractivity contribution in [1.82, 2.24) is 9.88 Å². The predicted molar refractivity (Wildman–Crippen MR) is 87.8 cm³/mol. The van der Waals surface area contributed by atoms with E-state index in [0.717, 1.165) is 16.5 Å². The third-order valence-corrected chi connectivity index (χ3v) is 2.74. The average molecular weight is 340 g/mol. The van der Waals surface area contributed by atoms with Crippen LogP contribution in [0, 0.1) is 13.0 Å². The summed E-state index contributed by atoms with van der Waals surface area (Å²) in [5.74, 6) is -0.326. The van der Waals surface area contributed by atoms with E-state index in [9.17, 15) is 4.79 Å². The Hall–Kier alpha value is -0.344. The van der Waals surface area contributed by atoms with Gasteiger partial charge in [0.15, 0.2) is 0 Å². The molecule has 1 amide bonds. The van der Waals surface area contributed by atoms with Crippen LogP contribution in [0.2, 0.25) is 0 Å². The summed E-state index contributed by atoms with van der Waals surface area (Å²) >= 11 is 4.41. The Labute approximate surface area is 179 Å². The fourth-order valence-corrected chi connectivity index (χ4v) is 1.79. The van der Waals surface area contributed by atoms with Crippen molar-refractivity contribution in [1.29, 1.82) is 0 Å². The Morgan fingerprint density at radius 1 is 1.50 bits per heavy atom. The second kappa shape index (κ2) is 12.1. The average Bonchev–Trinajstić information content (AvgIpc) is 2.83. The minimum Gasteiger partial charge on any atom is -0.484 e. The second-order valence-corrected chi connectivity index (χ2v) is 4.25. The number of benzene rings is 1. The first-order valence-electron chi connectivity index (χ1n) is 6.23. The van der Waals surface area contributed by atoms with Crippen molar-refractivity contribution < 1.29 is 60.9 Å². The molecule has 0 bridgehead atoms. The number of carbonyl (C=O) groups excluding carboxylic acids is 1. The van der Waals surface area contributed by atoms with Crippen molar-refractivity contribution in [3.63, 3.8) is 0 Å². The number of nitrogens with zero attached hydrogens (tertiary/aromatic N) is 1. The molecule has 0 saturated heterocycles. The smallest absolute Gasteiger partial charge is 0.484 e. The van der Waals surface area contributed by atoms with Gasteiger partial charge < -0.3 is 26.3 Å². The van der Waals surface area contributed by atoms with Crippen molar-refractivity contribution >= 4 is 34.5 Å². The predicted octanol–water partition coefficient (Wildman–Crippen LogP) is -0.693. The summed E-state index contributed by atoms with van der Waals surface area (Å²) in [5.41, 5.74) is 4.13. The van der Waals surface area contributed by atoms with Crippen molar-refractivity contribution in [2.45, 2.75) is 0 Å². The topological polar surface area (TPSA) is 43.3 Å². The molecule has 0 fully saturated rings. The fraction of sp³-hybridized carbons (Fsp3) is 0.188. The number of carbonyl (C=O) groups is 1. The van der Waals surface area contributed by atoms with Crippen molar-refractivity contribution in [2.24, 2.45) is 7.05 Å². The van der Waals surface area contributed by atoms with Gasteiger partial charge in [0, 0.05) is 14.2 Å². The molecule has 0 spiro atoms. The van der Waals surface area contributed by atoms with Crippen molar-refractivity contribution in [2.75, 3.05) is 13.7 Å². The zero-order valence-electron chi connectivity index (χ0n) is 13.1. The van der Waals surface area contributed by atoms with Crippen LogP contribution in [-0.2, 0) is 16.6 Å². The Bertz CT molecular complexity index is 636. The largest absolute Gasteiger partial charge is 1.00 e. The van der Waals surface area contributed by atoms with E-state index in [-0.39, 0.29) is 57.3 Å². The number of fused-ring (bicyclic) bond motifs is 1. The van der Waals surface area contributed by atoms with Gasteiger partial charge in [-0.15, -0.1) is 17.7 Å². The quantitative estimate of drug-likeness (QED) is 0.263. The molecule has 6 heteroatoms. The molecule has 2 rings (SSSR count). The van der Waals surface area contributed by atoms with E-state index in [4.69, 9.17) is 0 Å². The molecule has 0 atom stereocenters. The van der Waals surface area contributed by atoms with Gasteiger partial charge in [0.05, 0.1) is 5.91 Å². The Morgan fingerprint density at radius 2 is 2.14 bits per heavy atom. The molecule has 0 saturated carbocycles. The van der Waals surface area contributed by atoms with E-state index in [0.29, 0.717) is 6.61 Å². The number of hydrogen-bond acceptors (Lipinski definition) is 3. The normalized spacial score (nSPS) is 9.77. The van der Waals surface area contributed by atoms with E-state index < -0.39 is 0 Å². The Kier molecular flexibility index (Phi) is 11.9. The molecular weight excluding hydrogens is 323 g/mol. The monoisotopic (exact) mass is 340 g/mol. The zero-order valence-corrected chi connectivity index (χ0v) is 17.0. The number of aryl methyl sites for hydroxylation is 1. The van der Waals surface area contributed by atoms with Gasteiger partial charge >= 0.3 is 51.4 Å². The van der Waals surface area contributed by atoms with Crippen molar-refractivity contribution in [3.05, 3.63) is 55.1 Å². The number of nitrogens with one attached hydrogen (secondary N) is 1. The van der Waals surface area contributed by atoms with Gasteiger partial charge in [-0.25, -0.2) is 12.2 Å². The molecule has 4 nitrogen and oxygen atoms in total. The summed E-state index contributed by atoms with van der Waals surface area (Å²) < 4.78 is 6.43. The van der Waals surface area contributed by atoms with Crippen LogP contribution in [0.15, 0.2) is 36.5 Å².